The molecule has 1 aromatic heterocycles. The molecule has 0 bridgehead atoms. The van der Waals surface area contributed by atoms with E-state index in [0.717, 1.165) is 36.3 Å². The van der Waals surface area contributed by atoms with Crippen LogP contribution in [0.25, 0.3) is 0 Å². The maximum atomic E-state index is 12.5. The SMILES string of the molecule is CNCC1CCCN(C(=O)C(C)NC(=O)c2ccc(Br)s2)C1.Cl. The predicted octanol–water partition coefficient (Wildman–Crippen LogP) is 2.51. The van der Waals surface area contributed by atoms with Gasteiger partial charge in [-0.05, 0) is 67.3 Å². The summed E-state index contributed by atoms with van der Waals surface area (Å²) in [7, 11) is 1.93. The van der Waals surface area contributed by atoms with E-state index >= 15 is 0 Å². The first-order valence-electron chi connectivity index (χ1n) is 7.51. The third-order valence-corrected chi connectivity index (χ3v) is 5.46. The quantitative estimate of drug-likeness (QED) is 0.763. The number of thiophene rings is 1. The molecule has 2 amide bonds. The van der Waals surface area contributed by atoms with Crippen LogP contribution in [0.15, 0.2) is 15.9 Å². The van der Waals surface area contributed by atoms with Crippen LogP contribution < -0.4 is 10.6 Å². The summed E-state index contributed by atoms with van der Waals surface area (Å²) in [5.74, 6) is 0.309. The number of likely N-dealkylation sites (tertiary alicyclic amines) is 1. The lowest BCUT2D eigenvalue weighted by atomic mass is 9.97. The van der Waals surface area contributed by atoms with Crippen LogP contribution in [0.4, 0.5) is 0 Å². The van der Waals surface area contributed by atoms with Crippen molar-refractivity contribution in [2.24, 2.45) is 5.92 Å². The van der Waals surface area contributed by atoms with Crippen molar-refractivity contribution >= 4 is 51.5 Å². The summed E-state index contributed by atoms with van der Waals surface area (Å²) in [6.07, 6.45) is 2.17. The second kappa shape index (κ2) is 9.61. The lowest BCUT2D eigenvalue weighted by Gasteiger charge is -2.34. The van der Waals surface area contributed by atoms with Crippen molar-refractivity contribution in [2.45, 2.75) is 25.8 Å². The highest BCUT2D eigenvalue weighted by atomic mass is 79.9. The van der Waals surface area contributed by atoms with Crippen LogP contribution >= 0.6 is 39.7 Å². The van der Waals surface area contributed by atoms with Gasteiger partial charge in [-0.3, -0.25) is 9.59 Å². The molecular formula is C15H23BrClN3O2S. The summed E-state index contributed by atoms with van der Waals surface area (Å²) in [4.78, 5) is 27.1. The average Bonchev–Trinajstić information content (AvgIpc) is 2.94. The molecule has 0 saturated carbocycles. The van der Waals surface area contributed by atoms with Gasteiger partial charge in [0.2, 0.25) is 5.91 Å². The topological polar surface area (TPSA) is 61.4 Å². The smallest absolute Gasteiger partial charge is 0.262 e. The lowest BCUT2D eigenvalue weighted by molar-refractivity contribution is -0.134. The Morgan fingerprint density at radius 3 is 2.83 bits per heavy atom. The third-order valence-electron chi connectivity index (χ3n) is 3.84. The molecule has 0 aromatic carbocycles. The van der Waals surface area contributed by atoms with Crippen LogP contribution in [0.5, 0.6) is 0 Å². The van der Waals surface area contributed by atoms with Crippen molar-refractivity contribution in [3.8, 4) is 0 Å². The number of rotatable bonds is 5. The van der Waals surface area contributed by atoms with Gasteiger partial charge in [0.25, 0.3) is 5.91 Å². The van der Waals surface area contributed by atoms with Crippen molar-refractivity contribution in [1.29, 1.82) is 0 Å². The molecule has 0 spiro atoms. The molecule has 1 saturated heterocycles. The predicted molar refractivity (Wildman–Crippen MR) is 99.4 cm³/mol. The number of halogens is 2. The summed E-state index contributed by atoms with van der Waals surface area (Å²) in [6, 6.07) is 3.09. The van der Waals surface area contributed by atoms with E-state index in [-0.39, 0.29) is 24.2 Å². The molecule has 2 unspecified atom stereocenters. The van der Waals surface area contributed by atoms with E-state index in [9.17, 15) is 9.59 Å². The Hall–Kier alpha value is -0.630. The zero-order valence-corrected chi connectivity index (χ0v) is 16.5. The largest absolute Gasteiger partial charge is 0.341 e. The number of nitrogens with one attached hydrogen (secondary N) is 2. The maximum Gasteiger partial charge on any atom is 0.262 e. The third kappa shape index (κ3) is 5.74. The molecule has 2 heterocycles. The fraction of sp³-hybridized carbons (Fsp3) is 0.600. The summed E-state index contributed by atoms with van der Waals surface area (Å²) in [5.41, 5.74) is 0. The van der Waals surface area contributed by atoms with Gasteiger partial charge in [-0.15, -0.1) is 23.7 Å². The minimum absolute atomic E-state index is 0. The molecule has 0 aliphatic carbocycles. The first kappa shape index (κ1) is 20.4. The Balaban J connectivity index is 0.00000264. The fourth-order valence-corrected chi connectivity index (χ4v) is 4.05. The standard InChI is InChI=1S/C15H22BrN3O2S.ClH/c1-10(18-14(20)12-5-6-13(16)22-12)15(21)19-7-3-4-11(9-19)8-17-2;/h5-6,10-11,17H,3-4,7-9H2,1-2H3,(H,18,20);1H. The van der Waals surface area contributed by atoms with Crippen molar-refractivity contribution in [3.63, 3.8) is 0 Å². The monoisotopic (exact) mass is 423 g/mol. The molecule has 23 heavy (non-hydrogen) atoms. The summed E-state index contributed by atoms with van der Waals surface area (Å²) in [6.45, 7) is 4.23. The molecule has 2 N–H and O–H groups in total. The highest BCUT2D eigenvalue weighted by Gasteiger charge is 2.27. The zero-order valence-electron chi connectivity index (χ0n) is 13.3. The number of nitrogens with zero attached hydrogens (tertiary/aromatic N) is 1. The van der Waals surface area contributed by atoms with Gasteiger partial charge in [-0.2, -0.15) is 0 Å². The first-order valence-corrected chi connectivity index (χ1v) is 9.11. The van der Waals surface area contributed by atoms with Crippen LogP contribution in [0, 0.1) is 5.92 Å². The normalized spacial score (nSPS) is 18.9. The van der Waals surface area contributed by atoms with E-state index in [1.165, 1.54) is 11.3 Å². The molecule has 2 rings (SSSR count). The van der Waals surface area contributed by atoms with Gasteiger partial charge in [-0.1, -0.05) is 0 Å². The van der Waals surface area contributed by atoms with Crippen molar-refractivity contribution < 1.29 is 9.59 Å². The van der Waals surface area contributed by atoms with Gasteiger partial charge in [0.1, 0.15) is 6.04 Å². The van der Waals surface area contributed by atoms with Crippen LogP contribution in [0.3, 0.4) is 0 Å². The Kier molecular flexibility index (Phi) is 8.53. The minimum Gasteiger partial charge on any atom is -0.341 e. The van der Waals surface area contributed by atoms with Gasteiger partial charge < -0.3 is 15.5 Å². The Morgan fingerprint density at radius 1 is 1.48 bits per heavy atom. The summed E-state index contributed by atoms with van der Waals surface area (Å²) in [5, 5.41) is 5.97. The molecule has 130 valence electrons. The van der Waals surface area contributed by atoms with E-state index in [2.05, 4.69) is 26.6 Å². The van der Waals surface area contributed by atoms with Gasteiger partial charge in [0.15, 0.2) is 0 Å². The lowest BCUT2D eigenvalue weighted by Crippen LogP contribution is -2.50. The highest BCUT2D eigenvalue weighted by molar-refractivity contribution is 9.11. The van der Waals surface area contributed by atoms with Crippen molar-refractivity contribution in [2.75, 3.05) is 26.7 Å². The van der Waals surface area contributed by atoms with Crippen LogP contribution in [0.2, 0.25) is 0 Å². The van der Waals surface area contributed by atoms with Gasteiger partial charge in [0.05, 0.1) is 8.66 Å². The number of hydrogen-bond donors (Lipinski definition) is 2. The molecule has 1 aliphatic heterocycles. The molecular weight excluding hydrogens is 402 g/mol. The van der Waals surface area contributed by atoms with E-state index in [1.807, 2.05) is 18.0 Å². The molecule has 1 aliphatic rings. The van der Waals surface area contributed by atoms with Gasteiger partial charge >= 0.3 is 0 Å². The van der Waals surface area contributed by atoms with E-state index in [4.69, 9.17) is 0 Å². The summed E-state index contributed by atoms with van der Waals surface area (Å²) < 4.78 is 0.905. The highest BCUT2D eigenvalue weighted by Crippen LogP contribution is 2.22. The Bertz CT molecular complexity index is 539. The average molecular weight is 425 g/mol. The molecule has 0 radical (unpaired) electrons. The molecule has 1 fully saturated rings. The minimum atomic E-state index is -0.498. The van der Waals surface area contributed by atoms with E-state index in [1.54, 1.807) is 13.0 Å². The van der Waals surface area contributed by atoms with Crippen LogP contribution in [-0.4, -0.2) is 49.4 Å². The molecule has 8 heteroatoms. The van der Waals surface area contributed by atoms with E-state index in [0.29, 0.717) is 10.8 Å². The number of hydrogen-bond acceptors (Lipinski definition) is 4. The molecule has 1 aromatic rings. The number of carbonyl (C=O) groups excluding carboxylic acids is 2. The van der Waals surface area contributed by atoms with Crippen LogP contribution in [-0.2, 0) is 4.79 Å². The number of amides is 2. The molecule has 5 nitrogen and oxygen atoms in total. The van der Waals surface area contributed by atoms with Crippen LogP contribution in [0.1, 0.15) is 29.4 Å². The Morgan fingerprint density at radius 2 is 2.22 bits per heavy atom. The van der Waals surface area contributed by atoms with Gasteiger partial charge in [0, 0.05) is 13.1 Å². The van der Waals surface area contributed by atoms with Crippen molar-refractivity contribution in [1.82, 2.24) is 15.5 Å². The zero-order chi connectivity index (χ0) is 16.1. The second-order valence-corrected chi connectivity index (χ2v) is 8.11. The first-order chi connectivity index (χ1) is 10.5. The van der Waals surface area contributed by atoms with Gasteiger partial charge in [-0.25, -0.2) is 0 Å². The van der Waals surface area contributed by atoms with Crippen molar-refractivity contribution in [3.05, 3.63) is 20.8 Å². The maximum absolute atomic E-state index is 12.5. The summed E-state index contributed by atoms with van der Waals surface area (Å²) >= 11 is 4.70. The van der Waals surface area contributed by atoms with E-state index < -0.39 is 6.04 Å². The Labute approximate surface area is 155 Å². The second-order valence-electron chi connectivity index (χ2n) is 5.65. The number of piperidine rings is 1. The number of carbonyl (C=O) groups is 2. The molecule has 2 atom stereocenters. The fourth-order valence-electron chi connectivity index (χ4n) is 2.76.